The maximum atomic E-state index is 6.07. The Bertz CT molecular complexity index is 332. The van der Waals surface area contributed by atoms with Gasteiger partial charge < -0.3 is 9.47 Å². The van der Waals surface area contributed by atoms with Crippen molar-refractivity contribution in [2.45, 2.75) is 12.5 Å². The minimum absolute atomic E-state index is 0.232. The van der Waals surface area contributed by atoms with Crippen LogP contribution >= 0.6 is 11.6 Å². The zero-order valence-corrected chi connectivity index (χ0v) is 8.39. The molecule has 0 aliphatic carbocycles. The Morgan fingerprint density at radius 2 is 2.23 bits per heavy atom. The van der Waals surface area contributed by atoms with Crippen LogP contribution in [-0.4, -0.2) is 13.7 Å². The van der Waals surface area contributed by atoms with Crippen molar-refractivity contribution in [1.82, 2.24) is 0 Å². The van der Waals surface area contributed by atoms with Gasteiger partial charge in [-0.1, -0.05) is 17.7 Å². The average Bonchev–Trinajstić information content (AvgIpc) is 2.84. The second-order valence-electron chi connectivity index (χ2n) is 3.34. The quantitative estimate of drug-likeness (QED) is 0.682. The van der Waals surface area contributed by atoms with Crippen LogP contribution in [0.1, 0.15) is 12.5 Å². The van der Waals surface area contributed by atoms with Crippen LogP contribution in [-0.2, 0) is 10.3 Å². The first-order chi connectivity index (χ1) is 6.17. The fourth-order valence-electron chi connectivity index (χ4n) is 1.44. The third kappa shape index (κ3) is 1.40. The first-order valence-electron chi connectivity index (χ1n) is 4.14. The maximum Gasteiger partial charge on any atom is 0.126 e. The van der Waals surface area contributed by atoms with Crippen LogP contribution in [0.25, 0.3) is 0 Å². The number of hydrogen-bond donors (Lipinski definition) is 0. The maximum absolute atomic E-state index is 6.07. The molecule has 1 aliphatic rings. The van der Waals surface area contributed by atoms with Gasteiger partial charge in [0.1, 0.15) is 11.4 Å². The van der Waals surface area contributed by atoms with E-state index in [0.29, 0.717) is 11.6 Å². The summed E-state index contributed by atoms with van der Waals surface area (Å²) < 4.78 is 10.6. The normalized spacial score (nSPS) is 25.8. The lowest BCUT2D eigenvalue weighted by molar-refractivity contribution is 0.316. The Kier molecular flexibility index (Phi) is 1.97. The summed E-state index contributed by atoms with van der Waals surface area (Å²) in [5, 5.41) is 0.708. The largest absolute Gasteiger partial charge is 0.496 e. The second-order valence-corrected chi connectivity index (χ2v) is 3.74. The monoisotopic (exact) mass is 198 g/mol. The fourth-order valence-corrected chi connectivity index (χ4v) is 1.81. The van der Waals surface area contributed by atoms with E-state index in [2.05, 4.69) is 0 Å². The van der Waals surface area contributed by atoms with E-state index >= 15 is 0 Å². The highest BCUT2D eigenvalue weighted by Gasteiger charge is 2.44. The summed E-state index contributed by atoms with van der Waals surface area (Å²) >= 11 is 6.07. The van der Waals surface area contributed by atoms with Crippen LogP contribution in [0.4, 0.5) is 0 Å². The van der Waals surface area contributed by atoms with E-state index in [4.69, 9.17) is 21.1 Å². The lowest BCUT2D eigenvalue weighted by Crippen LogP contribution is -2.05. The van der Waals surface area contributed by atoms with Crippen molar-refractivity contribution >= 4 is 11.6 Å². The molecule has 1 saturated heterocycles. The number of methoxy groups -OCH3 is 1. The molecule has 0 radical (unpaired) electrons. The van der Waals surface area contributed by atoms with Crippen LogP contribution in [0.3, 0.4) is 0 Å². The summed E-state index contributed by atoms with van der Waals surface area (Å²) in [7, 11) is 1.64. The summed E-state index contributed by atoms with van der Waals surface area (Å²) in [4.78, 5) is 0. The number of epoxide rings is 1. The molecule has 2 rings (SSSR count). The van der Waals surface area contributed by atoms with Gasteiger partial charge in [-0.3, -0.25) is 0 Å². The van der Waals surface area contributed by atoms with E-state index < -0.39 is 0 Å². The molecule has 1 heterocycles. The molecule has 3 heteroatoms. The molecule has 1 aromatic carbocycles. The summed E-state index contributed by atoms with van der Waals surface area (Å²) in [6, 6.07) is 5.62. The molecule has 0 saturated carbocycles. The predicted molar refractivity (Wildman–Crippen MR) is 51.3 cm³/mol. The molecule has 1 aliphatic heterocycles. The van der Waals surface area contributed by atoms with Crippen molar-refractivity contribution in [2.75, 3.05) is 13.7 Å². The van der Waals surface area contributed by atoms with Gasteiger partial charge in [-0.15, -0.1) is 0 Å². The molecule has 1 fully saturated rings. The Hall–Kier alpha value is -0.730. The Labute approximate surface area is 82.4 Å². The Balaban J connectivity index is 2.52. The van der Waals surface area contributed by atoms with E-state index in [0.717, 1.165) is 11.3 Å². The Morgan fingerprint density at radius 3 is 2.77 bits per heavy atom. The SMILES string of the molecule is COc1cccc(Cl)c1C1(C)CO1. The zero-order chi connectivity index (χ0) is 9.47. The second kappa shape index (κ2) is 2.89. The summed E-state index contributed by atoms with van der Waals surface area (Å²) in [6.45, 7) is 2.73. The number of benzene rings is 1. The van der Waals surface area contributed by atoms with Crippen LogP contribution < -0.4 is 4.74 Å². The summed E-state index contributed by atoms with van der Waals surface area (Å²) in [5.74, 6) is 0.799. The van der Waals surface area contributed by atoms with Crippen molar-refractivity contribution in [3.05, 3.63) is 28.8 Å². The van der Waals surface area contributed by atoms with Crippen LogP contribution in [0, 0.1) is 0 Å². The van der Waals surface area contributed by atoms with Gasteiger partial charge in [0.05, 0.1) is 18.7 Å². The molecule has 1 aromatic rings. The van der Waals surface area contributed by atoms with Crippen molar-refractivity contribution in [3.63, 3.8) is 0 Å². The predicted octanol–water partition coefficient (Wildman–Crippen LogP) is 2.59. The van der Waals surface area contributed by atoms with Crippen LogP contribution in [0.15, 0.2) is 18.2 Å². The third-order valence-electron chi connectivity index (χ3n) is 2.30. The van der Waals surface area contributed by atoms with Gasteiger partial charge in [-0.2, -0.15) is 0 Å². The number of rotatable bonds is 2. The minimum Gasteiger partial charge on any atom is -0.496 e. The van der Waals surface area contributed by atoms with Crippen LogP contribution in [0.2, 0.25) is 5.02 Å². The highest BCUT2D eigenvalue weighted by atomic mass is 35.5. The van der Waals surface area contributed by atoms with Gasteiger partial charge in [-0.05, 0) is 19.1 Å². The number of halogens is 1. The molecule has 2 nitrogen and oxygen atoms in total. The van der Waals surface area contributed by atoms with E-state index in [1.165, 1.54) is 0 Å². The van der Waals surface area contributed by atoms with E-state index in [1.54, 1.807) is 7.11 Å². The minimum atomic E-state index is -0.232. The molecule has 0 N–H and O–H groups in total. The fraction of sp³-hybridized carbons (Fsp3) is 0.400. The molecular weight excluding hydrogens is 188 g/mol. The van der Waals surface area contributed by atoms with Crippen molar-refractivity contribution < 1.29 is 9.47 Å². The van der Waals surface area contributed by atoms with Gasteiger partial charge in [-0.25, -0.2) is 0 Å². The molecule has 0 spiro atoms. The number of hydrogen-bond acceptors (Lipinski definition) is 2. The summed E-state index contributed by atoms with van der Waals surface area (Å²) in [6.07, 6.45) is 0. The average molecular weight is 199 g/mol. The van der Waals surface area contributed by atoms with Gasteiger partial charge >= 0.3 is 0 Å². The van der Waals surface area contributed by atoms with Crippen molar-refractivity contribution in [2.24, 2.45) is 0 Å². The third-order valence-corrected chi connectivity index (χ3v) is 2.62. The molecule has 0 aromatic heterocycles. The van der Waals surface area contributed by atoms with Gasteiger partial charge in [0.25, 0.3) is 0 Å². The number of ether oxygens (including phenoxy) is 2. The first kappa shape index (κ1) is 8.85. The van der Waals surface area contributed by atoms with Crippen LogP contribution in [0.5, 0.6) is 5.75 Å². The standard InChI is InChI=1S/C10H11ClO2/c1-10(6-13-10)9-7(11)4-3-5-8(9)12-2/h3-5H,6H2,1-2H3. The molecule has 1 unspecified atom stereocenters. The first-order valence-corrected chi connectivity index (χ1v) is 4.52. The highest BCUT2D eigenvalue weighted by molar-refractivity contribution is 6.31. The lowest BCUT2D eigenvalue weighted by atomic mass is 10.0. The molecule has 1 atom stereocenters. The summed E-state index contributed by atoms with van der Waals surface area (Å²) in [5.41, 5.74) is 0.725. The van der Waals surface area contributed by atoms with E-state index in [1.807, 2.05) is 25.1 Å². The zero-order valence-electron chi connectivity index (χ0n) is 7.63. The smallest absolute Gasteiger partial charge is 0.126 e. The molecule has 0 amide bonds. The van der Waals surface area contributed by atoms with E-state index in [9.17, 15) is 0 Å². The van der Waals surface area contributed by atoms with Crippen molar-refractivity contribution in [1.29, 1.82) is 0 Å². The highest BCUT2D eigenvalue weighted by Crippen LogP contribution is 2.46. The van der Waals surface area contributed by atoms with Gasteiger partial charge in [0.15, 0.2) is 0 Å². The van der Waals surface area contributed by atoms with Gasteiger partial charge in [0, 0.05) is 5.56 Å². The van der Waals surface area contributed by atoms with E-state index in [-0.39, 0.29) is 5.60 Å². The lowest BCUT2D eigenvalue weighted by Gasteiger charge is -2.12. The molecular formula is C10H11ClO2. The Morgan fingerprint density at radius 1 is 1.54 bits per heavy atom. The van der Waals surface area contributed by atoms with Gasteiger partial charge in [0.2, 0.25) is 0 Å². The molecule has 13 heavy (non-hydrogen) atoms. The topological polar surface area (TPSA) is 21.8 Å². The molecule has 70 valence electrons. The van der Waals surface area contributed by atoms with Crippen molar-refractivity contribution in [3.8, 4) is 5.75 Å². The molecule has 0 bridgehead atoms.